The summed E-state index contributed by atoms with van der Waals surface area (Å²) in [5, 5.41) is 12.2. The van der Waals surface area contributed by atoms with Gasteiger partial charge in [-0.05, 0) is 42.8 Å². The molecule has 1 aliphatic heterocycles. The van der Waals surface area contributed by atoms with E-state index in [0.717, 1.165) is 31.9 Å². The van der Waals surface area contributed by atoms with E-state index in [9.17, 15) is 0 Å². The Labute approximate surface area is 163 Å². The fraction of sp³-hybridized carbons (Fsp3) is 0.250. The third-order valence-electron chi connectivity index (χ3n) is 4.57. The molecule has 2 aromatic carbocycles. The number of anilines is 4. The Morgan fingerprint density at radius 3 is 2.52 bits per heavy atom. The van der Waals surface area contributed by atoms with Crippen molar-refractivity contribution in [2.45, 2.75) is 6.92 Å². The summed E-state index contributed by atoms with van der Waals surface area (Å²) in [6.07, 6.45) is 1.62. The third kappa shape index (κ3) is 4.28. The smallest absolute Gasteiger partial charge is 0.247 e. The van der Waals surface area contributed by atoms with E-state index in [-0.39, 0.29) is 0 Å². The maximum atomic E-state index is 6.04. The number of halogens is 1. The molecular formula is C20H21ClN6. The van der Waals surface area contributed by atoms with Crippen molar-refractivity contribution in [3.63, 3.8) is 0 Å². The topological polar surface area (TPSA) is 57.2 Å². The summed E-state index contributed by atoms with van der Waals surface area (Å²) in [4.78, 5) is 9.18. The number of piperazine rings is 1. The van der Waals surface area contributed by atoms with Gasteiger partial charge in [-0.2, -0.15) is 10.1 Å². The zero-order valence-corrected chi connectivity index (χ0v) is 15.9. The quantitative estimate of drug-likeness (QED) is 0.740. The fourth-order valence-corrected chi connectivity index (χ4v) is 3.38. The number of hydrogen-bond donors (Lipinski definition) is 1. The van der Waals surface area contributed by atoms with Crippen LogP contribution < -0.4 is 15.1 Å². The SMILES string of the molecule is Cc1cccc(N2CCN(c3nncc(Nc4cccc(Cl)c4)n3)CC2)c1. The lowest BCUT2D eigenvalue weighted by molar-refractivity contribution is 0.635. The van der Waals surface area contributed by atoms with Crippen molar-refractivity contribution in [2.24, 2.45) is 0 Å². The molecule has 6 nitrogen and oxygen atoms in total. The van der Waals surface area contributed by atoms with Crippen LogP contribution in [0.4, 0.5) is 23.1 Å². The molecule has 0 radical (unpaired) electrons. The first-order valence-electron chi connectivity index (χ1n) is 8.96. The highest BCUT2D eigenvalue weighted by atomic mass is 35.5. The molecule has 138 valence electrons. The zero-order valence-electron chi connectivity index (χ0n) is 15.1. The molecule has 27 heavy (non-hydrogen) atoms. The Bertz CT molecular complexity index is 924. The van der Waals surface area contributed by atoms with Crippen LogP contribution in [0, 0.1) is 6.92 Å². The molecule has 7 heteroatoms. The summed E-state index contributed by atoms with van der Waals surface area (Å²) in [6.45, 7) is 5.70. The van der Waals surface area contributed by atoms with Gasteiger partial charge in [-0.15, -0.1) is 5.10 Å². The lowest BCUT2D eigenvalue weighted by Gasteiger charge is -2.36. The minimum atomic E-state index is 0.644. The molecule has 1 saturated heterocycles. The van der Waals surface area contributed by atoms with Crippen LogP contribution in [0.25, 0.3) is 0 Å². The third-order valence-corrected chi connectivity index (χ3v) is 4.81. The van der Waals surface area contributed by atoms with Gasteiger partial charge in [0.15, 0.2) is 5.82 Å². The molecule has 0 aliphatic carbocycles. The average Bonchev–Trinajstić information content (AvgIpc) is 2.68. The van der Waals surface area contributed by atoms with Gasteiger partial charge in [0.05, 0.1) is 6.20 Å². The highest BCUT2D eigenvalue weighted by Gasteiger charge is 2.20. The van der Waals surface area contributed by atoms with E-state index in [1.165, 1.54) is 11.3 Å². The van der Waals surface area contributed by atoms with Crippen LogP contribution in [0.3, 0.4) is 0 Å². The molecule has 0 bridgehead atoms. The minimum Gasteiger partial charge on any atom is -0.368 e. The summed E-state index contributed by atoms with van der Waals surface area (Å²) in [7, 11) is 0. The molecule has 0 spiro atoms. The molecule has 1 aromatic heterocycles. The maximum Gasteiger partial charge on any atom is 0.247 e. The molecular weight excluding hydrogens is 360 g/mol. The van der Waals surface area contributed by atoms with Crippen LogP contribution in [-0.2, 0) is 0 Å². The Morgan fingerprint density at radius 1 is 0.963 bits per heavy atom. The van der Waals surface area contributed by atoms with Gasteiger partial charge in [0.1, 0.15) is 0 Å². The first kappa shape index (κ1) is 17.5. The molecule has 1 N–H and O–H groups in total. The van der Waals surface area contributed by atoms with E-state index in [4.69, 9.17) is 11.6 Å². The van der Waals surface area contributed by atoms with E-state index in [1.54, 1.807) is 6.20 Å². The Kier molecular flexibility index (Phi) is 5.07. The highest BCUT2D eigenvalue weighted by Crippen LogP contribution is 2.21. The second-order valence-corrected chi connectivity index (χ2v) is 7.03. The monoisotopic (exact) mass is 380 g/mol. The van der Waals surface area contributed by atoms with Crippen LogP contribution in [0.15, 0.2) is 54.7 Å². The predicted octanol–water partition coefficient (Wildman–Crippen LogP) is 3.90. The van der Waals surface area contributed by atoms with Gasteiger partial charge in [-0.25, -0.2) is 0 Å². The minimum absolute atomic E-state index is 0.644. The van der Waals surface area contributed by atoms with E-state index in [2.05, 4.69) is 61.5 Å². The molecule has 0 unspecified atom stereocenters. The van der Waals surface area contributed by atoms with Crippen LogP contribution >= 0.6 is 11.6 Å². The molecule has 3 aromatic rings. The van der Waals surface area contributed by atoms with E-state index in [1.807, 2.05) is 24.3 Å². The molecule has 0 atom stereocenters. The molecule has 4 rings (SSSR count). The van der Waals surface area contributed by atoms with Crippen molar-refractivity contribution < 1.29 is 0 Å². The predicted molar refractivity (Wildman–Crippen MR) is 110 cm³/mol. The second-order valence-electron chi connectivity index (χ2n) is 6.59. The molecule has 1 aliphatic rings. The van der Waals surface area contributed by atoms with Crippen molar-refractivity contribution in [3.05, 3.63) is 65.3 Å². The van der Waals surface area contributed by atoms with Gasteiger partial charge >= 0.3 is 0 Å². The average molecular weight is 381 g/mol. The van der Waals surface area contributed by atoms with Crippen LogP contribution in [0.1, 0.15) is 5.56 Å². The van der Waals surface area contributed by atoms with Crippen molar-refractivity contribution in [1.82, 2.24) is 15.2 Å². The first-order valence-corrected chi connectivity index (χ1v) is 9.34. The normalized spacial score (nSPS) is 14.3. The Morgan fingerprint density at radius 2 is 1.74 bits per heavy atom. The number of hydrogen-bond acceptors (Lipinski definition) is 6. The van der Waals surface area contributed by atoms with Crippen LogP contribution in [-0.4, -0.2) is 41.4 Å². The number of aryl methyl sites for hydroxylation is 1. The molecule has 0 amide bonds. The van der Waals surface area contributed by atoms with Crippen LogP contribution in [0.2, 0.25) is 5.02 Å². The van der Waals surface area contributed by atoms with Crippen molar-refractivity contribution in [2.75, 3.05) is 41.3 Å². The summed E-state index contributed by atoms with van der Waals surface area (Å²) < 4.78 is 0. The van der Waals surface area contributed by atoms with E-state index >= 15 is 0 Å². The van der Waals surface area contributed by atoms with Gasteiger partial charge in [0.25, 0.3) is 0 Å². The summed E-state index contributed by atoms with van der Waals surface area (Å²) >= 11 is 6.04. The highest BCUT2D eigenvalue weighted by molar-refractivity contribution is 6.30. The number of nitrogens with one attached hydrogen (secondary N) is 1. The van der Waals surface area contributed by atoms with Crippen molar-refractivity contribution in [3.8, 4) is 0 Å². The van der Waals surface area contributed by atoms with Crippen molar-refractivity contribution in [1.29, 1.82) is 0 Å². The summed E-state index contributed by atoms with van der Waals surface area (Å²) in [6, 6.07) is 16.1. The van der Waals surface area contributed by atoms with Gasteiger partial charge in [0.2, 0.25) is 5.95 Å². The van der Waals surface area contributed by atoms with E-state index < -0.39 is 0 Å². The van der Waals surface area contributed by atoms with Gasteiger partial charge < -0.3 is 15.1 Å². The van der Waals surface area contributed by atoms with Gasteiger partial charge in [-0.1, -0.05) is 29.8 Å². The van der Waals surface area contributed by atoms with Gasteiger partial charge in [-0.3, -0.25) is 0 Å². The molecule has 2 heterocycles. The zero-order chi connectivity index (χ0) is 18.6. The van der Waals surface area contributed by atoms with Crippen molar-refractivity contribution >= 4 is 34.7 Å². The standard InChI is InChI=1S/C20H21ClN6/c1-15-4-2-7-18(12-15)26-8-10-27(11-9-26)20-24-19(14-22-25-20)23-17-6-3-5-16(21)13-17/h2-7,12-14H,8-11H2,1H3,(H,23,24,25). The Balaban J connectivity index is 1.42. The number of aromatic nitrogens is 3. The second kappa shape index (κ2) is 7.80. The number of rotatable bonds is 4. The molecule has 0 saturated carbocycles. The number of nitrogens with zero attached hydrogens (tertiary/aromatic N) is 5. The number of benzene rings is 2. The maximum absolute atomic E-state index is 6.04. The fourth-order valence-electron chi connectivity index (χ4n) is 3.19. The van der Waals surface area contributed by atoms with Crippen LogP contribution in [0.5, 0.6) is 0 Å². The first-order chi connectivity index (χ1) is 13.2. The summed E-state index contributed by atoms with van der Waals surface area (Å²) in [5.74, 6) is 1.30. The molecule has 1 fully saturated rings. The largest absolute Gasteiger partial charge is 0.368 e. The van der Waals surface area contributed by atoms with Gasteiger partial charge in [0, 0.05) is 42.6 Å². The van der Waals surface area contributed by atoms with E-state index in [0.29, 0.717) is 16.8 Å². The lowest BCUT2D eigenvalue weighted by atomic mass is 10.2. The lowest BCUT2D eigenvalue weighted by Crippen LogP contribution is -2.47. The summed E-state index contributed by atoms with van der Waals surface area (Å²) in [5.41, 5.74) is 3.42. The Hall–Kier alpha value is -2.86.